The summed E-state index contributed by atoms with van der Waals surface area (Å²) >= 11 is 1.18. The lowest BCUT2D eigenvalue weighted by Crippen LogP contribution is -2.30. The van der Waals surface area contributed by atoms with E-state index in [9.17, 15) is 9.18 Å². The second-order valence-electron chi connectivity index (χ2n) is 6.83. The highest BCUT2D eigenvalue weighted by Crippen LogP contribution is 2.24. The Morgan fingerprint density at radius 2 is 1.82 bits per heavy atom. The molecule has 1 aromatic heterocycles. The van der Waals surface area contributed by atoms with Crippen LogP contribution in [0.15, 0.2) is 64.2 Å². The smallest absolute Gasteiger partial charge is 0.277 e. The zero-order valence-electron chi connectivity index (χ0n) is 15.8. The molecule has 0 unspecified atom stereocenters. The van der Waals surface area contributed by atoms with E-state index >= 15 is 0 Å². The number of nitrogens with zero attached hydrogens (tertiary/aromatic N) is 2. The molecule has 28 heavy (non-hydrogen) atoms. The molecule has 3 aromatic rings. The molecule has 0 spiro atoms. The lowest BCUT2D eigenvalue weighted by Gasteiger charge is -2.21. The molecule has 1 heterocycles. The summed E-state index contributed by atoms with van der Waals surface area (Å²) in [7, 11) is 0. The van der Waals surface area contributed by atoms with Crippen LogP contribution in [0.1, 0.15) is 31.9 Å². The Morgan fingerprint density at radius 1 is 1.11 bits per heavy atom. The van der Waals surface area contributed by atoms with Crippen molar-refractivity contribution >= 4 is 17.7 Å². The Balaban J connectivity index is 1.58. The lowest BCUT2D eigenvalue weighted by molar-refractivity contribution is -0.119. The molecule has 7 heteroatoms. The normalized spacial score (nSPS) is 12.1. The summed E-state index contributed by atoms with van der Waals surface area (Å²) in [4.78, 5) is 12.4. The number of carbonyl (C=O) groups is 1. The van der Waals surface area contributed by atoms with Crippen LogP contribution in [0.3, 0.4) is 0 Å². The van der Waals surface area contributed by atoms with Gasteiger partial charge in [0.15, 0.2) is 0 Å². The van der Waals surface area contributed by atoms with Crippen LogP contribution in [0.4, 0.5) is 4.39 Å². The standard InChI is InChI=1S/C21H22FN3O2S/c1-14(2)12-18(15-6-4-3-5-7-15)23-19(26)13-28-21-25-24-20(27-21)16-8-10-17(22)11-9-16/h3-11,14,18H,12-13H2,1-2H3,(H,23,26)/t18-/m1/s1. The van der Waals surface area contributed by atoms with Gasteiger partial charge in [0.1, 0.15) is 5.82 Å². The third-order valence-electron chi connectivity index (χ3n) is 4.07. The summed E-state index contributed by atoms with van der Waals surface area (Å²) in [5.74, 6) is 0.495. The van der Waals surface area contributed by atoms with E-state index in [-0.39, 0.29) is 23.5 Å². The first-order chi connectivity index (χ1) is 13.5. The molecule has 0 saturated heterocycles. The topological polar surface area (TPSA) is 68.0 Å². The Kier molecular flexibility index (Phi) is 6.81. The van der Waals surface area contributed by atoms with Gasteiger partial charge in [0.2, 0.25) is 11.8 Å². The van der Waals surface area contributed by atoms with Gasteiger partial charge in [-0.3, -0.25) is 4.79 Å². The first-order valence-electron chi connectivity index (χ1n) is 9.08. The summed E-state index contributed by atoms with van der Waals surface area (Å²) < 4.78 is 18.6. The zero-order chi connectivity index (χ0) is 19.9. The number of rotatable bonds is 8. The molecule has 146 valence electrons. The number of amides is 1. The van der Waals surface area contributed by atoms with Crippen LogP contribution in [-0.4, -0.2) is 21.9 Å². The summed E-state index contributed by atoms with van der Waals surface area (Å²) in [6.07, 6.45) is 0.857. The zero-order valence-corrected chi connectivity index (χ0v) is 16.6. The van der Waals surface area contributed by atoms with Gasteiger partial charge in [-0.05, 0) is 42.2 Å². The first-order valence-corrected chi connectivity index (χ1v) is 10.1. The average molecular weight is 399 g/mol. The third-order valence-corrected chi connectivity index (χ3v) is 4.89. The van der Waals surface area contributed by atoms with E-state index in [2.05, 4.69) is 29.4 Å². The van der Waals surface area contributed by atoms with Gasteiger partial charge in [-0.2, -0.15) is 0 Å². The van der Waals surface area contributed by atoms with E-state index in [4.69, 9.17) is 4.42 Å². The van der Waals surface area contributed by atoms with Gasteiger partial charge in [-0.15, -0.1) is 10.2 Å². The Bertz CT molecular complexity index is 898. The van der Waals surface area contributed by atoms with Gasteiger partial charge in [0.25, 0.3) is 5.22 Å². The van der Waals surface area contributed by atoms with E-state index < -0.39 is 0 Å². The highest BCUT2D eigenvalue weighted by molar-refractivity contribution is 7.99. The third kappa shape index (κ3) is 5.66. The molecule has 5 nitrogen and oxygen atoms in total. The van der Waals surface area contributed by atoms with Gasteiger partial charge in [-0.1, -0.05) is 55.9 Å². The second-order valence-corrected chi connectivity index (χ2v) is 7.76. The molecule has 0 fully saturated rings. The molecule has 0 aliphatic rings. The van der Waals surface area contributed by atoms with Crippen molar-refractivity contribution in [2.24, 2.45) is 5.92 Å². The lowest BCUT2D eigenvalue weighted by atomic mass is 9.97. The fourth-order valence-electron chi connectivity index (χ4n) is 2.78. The van der Waals surface area contributed by atoms with Crippen molar-refractivity contribution in [1.82, 2.24) is 15.5 Å². The fraction of sp³-hybridized carbons (Fsp3) is 0.286. The summed E-state index contributed by atoms with van der Waals surface area (Å²) in [6.45, 7) is 4.26. The average Bonchev–Trinajstić information content (AvgIpc) is 3.16. The predicted octanol–water partition coefficient (Wildman–Crippen LogP) is 4.87. The minimum Gasteiger partial charge on any atom is -0.411 e. The maximum absolute atomic E-state index is 13.0. The Labute approximate surface area is 167 Å². The van der Waals surface area contributed by atoms with Crippen LogP contribution in [-0.2, 0) is 4.79 Å². The molecule has 3 rings (SSSR count). The first kappa shape index (κ1) is 20.1. The quantitative estimate of drug-likeness (QED) is 0.547. The van der Waals surface area contributed by atoms with Crippen molar-refractivity contribution < 1.29 is 13.6 Å². The monoisotopic (exact) mass is 399 g/mol. The van der Waals surface area contributed by atoms with Gasteiger partial charge in [-0.25, -0.2) is 4.39 Å². The van der Waals surface area contributed by atoms with E-state index in [1.807, 2.05) is 30.3 Å². The molecule has 0 saturated carbocycles. The maximum Gasteiger partial charge on any atom is 0.277 e. The van der Waals surface area contributed by atoms with E-state index in [0.717, 1.165) is 12.0 Å². The molecule has 0 aliphatic heterocycles. The molecule has 1 N–H and O–H groups in total. The number of carbonyl (C=O) groups excluding carboxylic acids is 1. The van der Waals surface area contributed by atoms with Crippen LogP contribution in [0, 0.1) is 11.7 Å². The second kappa shape index (κ2) is 9.50. The molecule has 1 atom stereocenters. The summed E-state index contributed by atoms with van der Waals surface area (Å²) in [5, 5.41) is 11.3. The van der Waals surface area contributed by atoms with E-state index in [0.29, 0.717) is 22.6 Å². The predicted molar refractivity (Wildman–Crippen MR) is 107 cm³/mol. The number of halogens is 1. The fourth-order valence-corrected chi connectivity index (χ4v) is 3.35. The van der Waals surface area contributed by atoms with Crippen LogP contribution in [0.5, 0.6) is 0 Å². The maximum atomic E-state index is 13.0. The molecule has 2 aromatic carbocycles. The minimum absolute atomic E-state index is 0.0354. The van der Waals surface area contributed by atoms with Crippen molar-refractivity contribution in [1.29, 1.82) is 0 Å². The van der Waals surface area contributed by atoms with Gasteiger partial charge >= 0.3 is 0 Å². The molecule has 1 amide bonds. The van der Waals surface area contributed by atoms with Crippen molar-refractivity contribution in [3.05, 3.63) is 66.0 Å². The van der Waals surface area contributed by atoms with Gasteiger partial charge in [0.05, 0.1) is 11.8 Å². The van der Waals surface area contributed by atoms with Crippen molar-refractivity contribution in [3.63, 3.8) is 0 Å². The molecule has 0 radical (unpaired) electrons. The van der Waals surface area contributed by atoms with Gasteiger partial charge < -0.3 is 9.73 Å². The molecule has 0 aliphatic carbocycles. The van der Waals surface area contributed by atoms with E-state index in [1.54, 1.807) is 12.1 Å². The van der Waals surface area contributed by atoms with Crippen LogP contribution >= 0.6 is 11.8 Å². The highest BCUT2D eigenvalue weighted by atomic mass is 32.2. The molecular formula is C21H22FN3O2S. The Morgan fingerprint density at radius 3 is 2.50 bits per heavy atom. The summed E-state index contributed by atoms with van der Waals surface area (Å²) in [6, 6.07) is 15.7. The van der Waals surface area contributed by atoms with E-state index in [1.165, 1.54) is 23.9 Å². The molecule has 0 bridgehead atoms. The number of hydrogen-bond acceptors (Lipinski definition) is 5. The largest absolute Gasteiger partial charge is 0.411 e. The number of hydrogen-bond donors (Lipinski definition) is 1. The van der Waals surface area contributed by atoms with Crippen LogP contribution in [0.25, 0.3) is 11.5 Å². The van der Waals surface area contributed by atoms with Crippen molar-refractivity contribution in [2.45, 2.75) is 31.5 Å². The molecular weight excluding hydrogens is 377 g/mol. The number of nitrogens with one attached hydrogen (secondary N) is 1. The SMILES string of the molecule is CC(C)C[C@@H](NC(=O)CSc1nnc(-c2ccc(F)cc2)o1)c1ccccc1. The van der Waals surface area contributed by atoms with Crippen LogP contribution in [0.2, 0.25) is 0 Å². The number of benzene rings is 2. The summed E-state index contributed by atoms with van der Waals surface area (Å²) in [5.41, 5.74) is 1.72. The minimum atomic E-state index is -0.330. The van der Waals surface area contributed by atoms with Crippen LogP contribution < -0.4 is 5.32 Å². The van der Waals surface area contributed by atoms with Crippen molar-refractivity contribution in [3.8, 4) is 11.5 Å². The van der Waals surface area contributed by atoms with Gasteiger partial charge in [0, 0.05) is 5.56 Å². The Hall–Kier alpha value is -2.67. The number of thioether (sulfide) groups is 1. The van der Waals surface area contributed by atoms with Crippen molar-refractivity contribution in [2.75, 3.05) is 5.75 Å². The number of aromatic nitrogens is 2. The highest BCUT2D eigenvalue weighted by Gasteiger charge is 2.17.